The Bertz CT molecular complexity index is 909. The monoisotopic (exact) mass is 382 g/mol. The molecule has 3 rings (SSSR count). The van der Waals surface area contributed by atoms with Crippen LogP contribution in [0.4, 0.5) is 11.4 Å². The van der Waals surface area contributed by atoms with Crippen LogP contribution in [0.1, 0.15) is 30.6 Å². The highest BCUT2D eigenvalue weighted by molar-refractivity contribution is 6.02. The zero-order valence-corrected chi connectivity index (χ0v) is 15.9. The summed E-state index contributed by atoms with van der Waals surface area (Å²) in [5.74, 6) is 0.515. The van der Waals surface area contributed by atoms with Crippen molar-refractivity contribution in [3.8, 4) is 11.5 Å². The molecule has 0 aromatic heterocycles. The lowest BCUT2D eigenvalue weighted by molar-refractivity contribution is -0.121. The molecule has 0 spiro atoms. The molecule has 7 nitrogen and oxygen atoms in total. The Hall–Kier alpha value is -3.35. The van der Waals surface area contributed by atoms with Crippen molar-refractivity contribution in [2.75, 3.05) is 30.0 Å². The Labute approximate surface area is 163 Å². The van der Waals surface area contributed by atoms with Crippen LogP contribution in [0.5, 0.6) is 11.5 Å². The van der Waals surface area contributed by atoms with Gasteiger partial charge in [-0.25, -0.2) is 0 Å². The van der Waals surface area contributed by atoms with Gasteiger partial charge in [0.2, 0.25) is 5.91 Å². The third-order valence-electron chi connectivity index (χ3n) is 4.33. The minimum absolute atomic E-state index is 0.0932. The topological polar surface area (TPSA) is 84.9 Å². The van der Waals surface area contributed by atoms with E-state index in [1.54, 1.807) is 30.3 Å². The van der Waals surface area contributed by atoms with E-state index in [4.69, 9.17) is 9.47 Å². The predicted octanol–water partition coefficient (Wildman–Crippen LogP) is 3.04. The molecule has 7 heteroatoms. The van der Waals surface area contributed by atoms with Gasteiger partial charge in [0.1, 0.15) is 11.5 Å². The summed E-state index contributed by atoms with van der Waals surface area (Å²) < 4.78 is 10.9. The number of carbonyl (C=O) groups excluding carboxylic acids is 3. The summed E-state index contributed by atoms with van der Waals surface area (Å²) in [7, 11) is 0. The van der Waals surface area contributed by atoms with Crippen molar-refractivity contribution in [3.05, 3.63) is 48.0 Å². The number of rotatable bonds is 7. The zero-order chi connectivity index (χ0) is 20.1. The van der Waals surface area contributed by atoms with Crippen LogP contribution in [0, 0.1) is 0 Å². The Morgan fingerprint density at radius 2 is 2.00 bits per heavy atom. The van der Waals surface area contributed by atoms with Crippen LogP contribution in [0.25, 0.3) is 0 Å². The minimum Gasteiger partial charge on any atom is -0.492 e. The molecule has 2 aromatic carbocycles. The van der Waals surface area contributed by atoms with E-state index in [9.17, 15) is 14.4 Å². The highest BCUT2D eigenvalue weighted by Gasteiger charge is 2.26. The second kappa shape index (κ2) is 8.56. The van der Waals surface area contributed by atoms with E-state index < -0.39 is 0 Å². The summed E-state index contributed by atoms with van der Waals surface area (Å²) in [6.45, 7) is 3.90. The molecule has 146 valence electrons. The second-order valence-corrected chi connectivity index (χ2v) is 6.30. The summed E-state index contributed by atoms with van der Waals surface area (Å²) in [5, 5.41) is 2.82. The molecule has 0 fully saturated rings. The Morgan fingerprint density at radius 1 is 1.21 bits per heavy atom. The van der Waals surface area contributed by atoms with Crippen LogP contribution in [-0.2, 0) is 9.59 Å². The molecule has 1 aliphatic rings. The van der Waals surface area contributed by atoms with Gasteiger partial charge in [-0.1, -0.05) is 12.1 Å². The van der Waals surface area contributed by atoms with Crippen molar-refractivity contribution in [1.82, 2.24) is 0 Å². The smallest absolute Gasteiger partial charge is 0.265 e. The molecule has 2 amide bonds. The third-order valence-corrected chi connectivity index (χ3v) is 4.33. The number of nitrogens with one attached hydrogen (secondary N) is 1. The van der Waals surface area contributed by atoms with E-state index in [0.717, 1.165) is 0 Å². The van der Waals surface area contributed by atoms with Crippen molar-refractivity contribution >= 4 is 29.0 Å². The maximum atomic E-state index is 12.4. The normalized spacial score (nSPS) is 12.8. The Balaban J connectivity index is 1.71. The maximum Gasteiger partial charge on any atom is 0.265 e. The van der Waals surface area contributed by atoms with Crippen molar-refractivity contribution in [3.63, 3.8) is 0 Å². The van der Waals surface area contributed by atoms with E-state index in [1.165, 1.54) is 11.8 Å². The lowest BCUT2D eigenvalue weighted by Crippen LogP contribution is -2.40. The first-order valence-electron chi connectivity index (χ1n) is 9.09. The molecule has 1 heterocycles. The van der Waals surface area contributed by atoms with E-state index in [-0.39, 0.29) is 37.2 Å². The number of benzene rings is 2. The number of amides is 2. The largest absolute Gasteiger partial charge is 0.492 e. The zero-order valence-electron chi connectivity index (χ0n) is 15.9. The van der Waals surface area contributed by atoms with Crippen molar-refractivity contribution in [1.29, 1.82) is 0 Å². The van der Waals surface area contributed by atoms with Gasteiger partial charge in [-0.3, -0.25) is 14.4 Å². The molecule has 0 atom stereocenters. The van der Waals surface area contributed by atoms with Gasteiger partial charge in [-0.2, -0.15) is 0 Å². The van der Waals surface area contributed by atoms with Crippen LogP contribution < -0.4 is 19.7 Å². The molecule has 0 saturated carbocycles. The van der Waals surface area contributed by atoms with E-state index >= 15 is 0 Å². The van der Waals surface area contributed by atoms with Crippen molar-refractivity contribution in [2.45, 2.75) is 20.3 Å². The number of nitrogens with zero attached hydrogens (tertiary/aromatic N) is 1. The highest BCUT2D eigenvalue weighted by atomic mass is 16.5. The second-order valence-electron chi connectivity index (χ2n) is 6.30. The lowest BCUT2D eigenvalue weighted by atomic mass is 10.1. The van der Waals surface area contributed by atoms with Gasteiger partial charge in [0, 0.05) is 18.5 Å². The molecule has 28 heavy (non-hydrogen) atoms. The molecule has 1 aliphatic heterocycles. The van der Waals surface area contributed by atoms with Gasteiger partial charge < -0.3 is 19.7 Å². The molecular formula is C21H22N2O5. The van der Waals surface area contributed by atoms with E-state index in [2.05, 4.69) is 5.32 Å². The van der Waals surface area contributed by atoms with Crippen molar-refractivity contribution < 1.29 is 23.9 Å². The van der Waals surface area contributed by atoms with Crippen LogP contribution in [0.15, 0.2) is 42.5 Å². The molecule has 0 aliphatic carbocycles. The molecule has 0 radical (unpaired) electrons. The van der Waals surface area contributed by atoms with Gasteiger partial charge in [0.05, 0.1) is 18.0 Å². The summed E-state index contributed by atoms with van der Waals surface area (Å²) in [4.78, 5) is 37.9. The number of ketones is 1. The first-order valence-corrected chi connectivity index (χ1v) is 9.09. The molecular weight excluding hydrogens is 360 g/mol. The number of ether oxygens (including phenoxy) is 2. The summed E-state index contributed by atoms with van der Waals surface area (Å²) in [5.41, 5.74) is 1.57. The number of hydrogen-bond acceptors (Lipinski definition) is 5. The van der Waals surface area contributed by atoms with Crippen LogP contribution in [0.3, 0.4) is 0 Å². The molecule has 0 bridgehead atoms. The molecule has 0 unspecified atom stereocenters. The third kappa shape index (κ3) is 4.31. The highest BCUT2D eigenvalue weighted by Crippen LogP contribution is 2.33. The summed E-state index contributed by atoms with van der Waals surface area (Å²) in [6.07, 6.45) is 0.0932. The number of anilines is 2. The van der Waals surface area contributed by atoms with E-state index in [0.29, 0.717) is 35.0 Å². The fourth-order valence-corrected chi connectivity index (χ4v) is 2.94. The number of carbonyl (C=O) groups is 3. The van der Waals surface area contributed by atoms with Gasteiger partial charge in [0.25, 0.3) is 5.91 Å². The first-order chi connectivity index (χ1) is 13.5. The van der Waals surface area contributed by atoms with Gasteiger partial charge in [0.15, 0.2) is 12.4 Å². The van der Waals surface area contributed by atoms with Gasteiger partial charge >= 0.3 is 0 Å². The lowest BCUT2D eigenvalue weighted by Gasteiger charge is -2.29. The average molecular weight is 382 g/mol. The number of Topliss-reactive ketones (excluding diaryl/α,β-unsaturated/α-hetero) is 1. The fraction of sp³-hybridized carbons (Fsp3) is 0.286. The average Bonchev–Trinajstić information content (AvgIpc) is 2.68. The molecule has 0 saturated heterocycles. The summed E-state index contributed by atoms with van der Waals surface area (Å²) >= 11 is 0. The van der Waals surface area contributed by atoms with Crippen molar-refractivity contribution in [2.24, 2.45) is 0 Å². The fourth-order valence-electron chi connectivity index (χ4n) is 2.94. The van der Waals surface area contributed by atoms with Crippen LogP contribution in [-0.4, -0.2) is 37.4 Å². The van der Waals surface area contributed by atoms with Gasteiger partial charge in [-0.05, 0) is 44.2 Å². The number of hydrogen-bond donors (Lipinski definition) is 1. The van der Waals surface area contributed by atoms with Crippen LogP contribution in [0.2, 0.25) is 0 Å². The van der Waals surface area contributed by atoms with E-state index in [1.807, 2.05) is 19.1 Å². The molecule has 2 aromatic rings. The SMILES string of the molecule is CCOc1ccccc1NC(=O)CCN1C(=O)COc2ccc(C(C)=O)cc21. The minimum atomic E-state index is -0.254. The Morgan fingerprint density at radius 3 is 2.75 bits per heavy atom. The quantitative estimate of drug-likeness (QED) is 0.744. The van der Waals surface area contributed by atoms with Gasteiger partial charge in [-0.15, -0.1) is 0 Å². The standard InChI is InChI=1S/C21H22N2O5/c1-3-27-18-7-5-4-6-16(18)22-20(25)10-11-23-17-12-15(14(2)24)8-9-19(17)28-13-21(23)26/h4-9,12H,3,10-11,13H2,1-2H3,(H,22,25). The predicted molar refractivity (Wildman–Crippen MR) is 105 cm³/mol. The molecule has 1 N–H and O–H groups in total. The first kappa shape index (κ1) is 19.4. The Kier molecular flexibility index (Phi) is 5.93. The van der Waals surface area contributed by atoms with Crippen LogP contribution >= 0.6 is 0 Å². The number of fused-ring (bicyclic) bond motifs is 1. The number of para-hydroxylation sites is 2. The summed E-state index contributed by atoms with van der Waals surface area (Å²) in [6, 6.07) is 12.1. The maximum absolute atomic E-state index is 12.4.